The predicted octanol–water partition coefficient (Wildman–Crippen LogP) is 4.79. The monoisotopic (exact) mass is 196 g/mol. The fraction of sp³-hybridized carbons (Fsp3) is 0.333. The van der Waals surface area contributed by atoms with Crippen LogP contribution < -0.4 is 0 Å². The Labute approximate surface area is 86.2 Å². The molecule has 1 aromatic rings. The predicted molar refractivity (Wildman–Crippen MR) is 62.1 cm³/mol. The van der Waals surface area contributed by atoms with Gasteiger partial charge in [0.2, 0.25) is 0 Å². The lowest BCUT2D eigenvalue weighted by Crippen LogP contribution is -1.69. The lowest BCUT2D eigenvalue weighted by atomic mass is 10.2. The molecule has 72 valence electrons. The van der Waals surface area contributed by atoms with Gasteiger partial charge in [0.25, 0.3) is 0 Å². The molecule has 0 bridgehead atoms. The molecule has 0 saturated heterocycles. The Morgan fingerprint density at radius 1 is 1.15 bits per heavy atom. The SMILES string of the molecule is CC.CC/C=C/c1ccc(Cl)cc1. The molecule has 0 fully saturated rings. The second kappa shape index (κ2) is 7.88. The van der Waals surface area contributed by atoms with Crippen LogP contribution in [0.4, 0.5) is 0 Å². The van der Waals surface area contributed by atoms with Crippen molar-refractivity contribution in [2.24, 2.45) is 0 Å². The minimum atomic E-state index is 0.790. The van der Waals surface area contributed by atoms with Gasteiger partial charge in [-0.3, -0.25) is 0 Å². The van der Waals surface area contributed by atoms with E-state index in [0.717, 1.165) is 11.4 Å². The summed E-state index contributed by atoms with van der Waals surface area (Å²) < 4.78 is 0. The molecule has 0 aromatic heterocycles. The molecule has 0 heterocycles. The van der Waals surface area contributed by atoms with Gasteiger partial charge in [-0.2, -0.15) is 0 Å². The third-order valence-corrected chi connectivity index (χ3v) is 1.67. The van der Waals surface area contributed by atoms with Crippen LogP contribution in [0.5, 0.6) is 0 Å². The van der Waals surface area contributed by atoms with Crippen LogP contribution in [0.15, 0.2) is 30.3 Å². The van der Waals surface area contributed by atoms with E-state index < -0.39 is 0 Å². The average Bonchev–Trinajstić information content (AvgIpc) is 2.20. The summed E-state index contributed by atoms with van der Waals surface area (Å²) in [7, 11) is 0. The summed E-state index contributed by atoms with van der Waals surface area (Å²) in [5.41, 5.74) is 1.20. The van der Waals surface area contributed by atoms with Crippen LogP contribution in [0.25, 0.3) is 6.08 Å². The van der Waals surface area contributed by atoms with Gasteiger partial charge in [-0.25, -0.2) is 0 Å². The third kappa shape index (κ3) is 5.48. The van der Waals surface area contributed by atoms with Crippen molar-refractivity contribution in [3.63, 3.8) is 0 Å². The topological polar surface area (TPSA) is 0 Å². The van der Waals surface area contributed by atoms with Crippen molar-refractivity contribution in [1.82, 2.24) is 0 Å². The number of halogens is 1. The summed E-state index contributed by atoms with van der Waals surface area (Å²) in [5.74, 6) is 0. The highest BCUT2D eigenvalue weighted by atomic mass is 35.5. The first-order valence-corrected chi connectivity index (χ1v) is 5.13. The highest BCUT2D eigenvalue weighted by Gasteiger charge is 1.85. The maximum absolute atomic E-state index is 5.72. The number of hydrogen-bond acceptors (Lipinski definition) is 0. The van der Waals surface area contributed by atoms with Crippen LogP contribution in [0.1, 0.15) is 32.8 Å². The van der Waals surface area contributed by atoms with Crippen molar-refractivity contribution in [3.8, 4) is 0 Å². The molecular weight excluding hydrogens is 180 g/mol. The summed E-state index contributed by atoms with van der Waals surface area (Å²) in [5, 5.41) is 0.790. The van der Waals surface area contributed by atoms with E-state index in [0.29, 0.717) is 0 Å². The quantitative estimate of drug-likeness (QED) is 0.638. The normalized spacial score (nSPS) is 9.54. The van der Waals surface area contributed by atoms with E-state index in [4.69, 9.17) is 11.6 Å². The molecule has 0 radical (unpaired) electrons. The lowest BCUT2D eigenvalue weighted by Gasteiger charge is -1.91. The minimum absolute atomic E-state index is 0.790. The van der Waals surface area contributed by atoms with Gasteiger partial charge in [-0.1, -0.05) is 56.7 Å². The third-order valence-electron chi connectivity index (χ3n) is 1.42. The van der Waals surface area contributed by atoms with Gasteiger partial charge in [-0.15, -0.1) is 0 Å². The second-order valence-electron chi connectivity index (χ2n) is 2.36. The zero-order chi connectivity index (χ0) is 10.1. The zero-order valence-electron chi connectivity index (χ0n) is 8.55. The molecule has 0 atom stereocenters. The van der Waals surface area contributed by atoms with Crippen LogP contribution in [-0.2, 0) is 0 Å². The molecule has 13 heavy (non-hydrogen) atoms. The molecule has 0 spiro atoms. The van der Waals surface area contributed by atoms with E-state index in [2.05, 4.69) is 19.1 Å². The Morgan fingerprint density at radius 3 is 2.15 bits per heavy atom. The summed E-state index contributed by atoms with van der Waals surface area (Å²) >= 11 is 5.72. The molecule has 1 rings (SSSR count). The van der Waals surface area contributed by atoms with Crippen molar-refractivity contribution in [2.75, 3.05) is 0 Å². The summed E-state index contributed by atoms with van der Waals surface area (Å²) in [6, 6.07) is 7.82. The highest BCUT2D eigenvalue weighted by molar-refractivity contribution is 6.30. The van der Waals surface area contributed by atoms with Crippen molar-refractivity contribution in [3.05, 3.63) is 40.9 Å². The van der Waals surface area contributed by atoms with Crippen molar-refractivity contribution in [2.45, 2.75) is 27.2 Å². The van der Waals surface area contributed by atoms with Gasteiger partial charge >= 0.3 is 0 Å². The van der Waals surface area contributed by atoms with Crippen molar-refractivity contribution < 1.29 is 0 Å². The minimum Gasteiger partial charge on any atom is -0.0843 e. The largest absolute Gasteiger partial charge is 0.0843 e. The van der Waals surface area contributed by atoms with Crippen LogP contribution in [0.3, 0.4) is 0 Å². The summed E-state index contributed by atoms with van der Waals surface area (Å²) in [4.78, 5) is 0. The smallest absolute Gasteiger partial charge is 0.0406 e. The second-order valence-corrected chi connectivity index (χ2v) is 2.80. The van der Waals surface area contributed by atoms with Crippen LogP contribution in [-0.4, -0.2) is 0 Å². The van der Waals surface area contributed by atoms with Crippen LogP contribution >= 0.6 is 11.6 Å². The molecule has 0 aliphatic heterocycles. The molecule has 0 saturated carbocycles. The molecule has 1 heteroatoms. The molecule has 0 aliphatic carbocycles. The number of hydrogen-bond donors (Lipinski definition) is 0. The summed E-state index contributed by atoms with van der Waals surface area (Å²) in [6.07, 6.45) is 5.29. The highest BCUT2D eigenvalue weighted by Crippen LogP contribution is 2.10. The molecule has 0 nitrogen and oxygen atoms in total. The van der Waals surface area contributed by atoms with Crippen molar-refractivity contribution in [1.29, 1.82) is 0 Å². The fourth-order valence-corrected chi connectivity index (χ4v) is 0.954. The average molecular weight is 197 g/mol. The Morgan fingerprint density at radius 2 is 1.69 bits per heavy atom. The van der Waals surface area contributed by atoms with Crippen LogP contribution in [0.2, 0.25) is 5.02 Å². The zero-order valence-corrected chi connectivity index (χ0v) is 9.31. The van der Waals surface area contributed by atoms with E-state index in [9.17, 15) is 0 Å². The molecule has 0 unspecified atom stereocenters. The molecule has 0 amide bonds. The number of rotatable bonds is 2. The first-order chi connectivity index (χ1) is 6.33. The van der Waals surface area contributed by atoms with E-state index in [1.165, 1.54) is 5.56 Å². The first-order valence-electron chi connectivity index (χ1n) is 4.75. The molecular formula is C12H17Cl. The van der Waals surface area contributed by atoms with Gasteiger partial charge in [0, 0.05) is 5.02 Å². The maximum atomic E-state index is 5.72. The van der Waals surface area contributed by atoms with E-state index in [1.807, 2.05) is 38.1 Å². The van der Waals surface area contributed by atoms with E-state index in [1.54, 1.807) is 0 Å². The standard InChI is InChI=1S/C10H11Cl.C2H6/c1-2-3-4-9-5-7-10(11)8-6-9;1-2/h3-8H,2H2,1H3;1-2H3/b4-3+;. The van der Waals surface area contributed by atoms with Crippen molar-refractivity contribution >= 4 is 17.7 Å². The Kier molecular flexibility index (Phi) is 7.42. The number of allylic oxidation sites excluding steroid dienone is 1. The Balaban J connectivity index is 0.000000671. The van der Waals surface area contributed by atoms with Gasteiger partial charge < -0.3 is 0 Å². The number of benzene rings is 1. The van der Waals surface area contributed by atoms with E-state index in [-0.39, 0.29) is 0 Å². The van der Waals surface area contributed by atoms with Gasteiger partial charge in [0.15, 0.2) is 0 Å². The first kappa shape index (κ1) is 12.2. The fourth-order valence-electron chi connectivity index (χ4n) is 0.828. The van der Waals surface area contributed by atoms with E-state index >= 15 is 0 Å². The van der Waals surface area contributed by atoms with Gasteiger partial charge in [-0.05, 0) is 24.1 Å². The Hall–Kier alpha value is -0.750. The lowest BCUT2D eigenvalue weighted by molar-refractivity contribution is 1.23. The van der Waals surface area contributed by atoms with Gasteiger partial charge in [0.05, 0.1) is 0 Å². The van der Waals surface area contributed by atoms with Crippen LogP contribution in [0, 0.1) is 0 Å². The Bertz CT molecular complexity index is 234. The maximum Gasteiger partial charge on any atom is 0.0406 e. The summed E-state index contributed by atoms with van der Waals surface area (Å²) in [6.45, 7) is 6.12. The molecule has 0 N–H and O–H groups in total. The molecule has 1 aromatic carbocycles. The van der Waals surface area contributed by atoms with Gasteiger partial charge in [0.1, 0.15) is 0 Å². The molecule has 0 aliphatic rings.